The average molecular weight is 450 g/mol. The van der Waals surface area contributed by atoms with E-state index in [1.165, 1.54) is 0 Å². The Hall–Kier alpha value is -3.92. The largest absolute Gasteiger partial charge is 0.497 e. The van der Waals surface area contributed by atoms with E-state index < -0.39 is 22.6 Å². The number of benzene rings is 2. The number of nitrogens with one attached hydrogen (secondary N) is 2. The van der Waals surface area contributed by atoms with Gasteiger partial charge in [0, 0.05) is 18.5 Å². The van der Waals surface area contributed by atoms with Crippen molar-refractivity contribution < 1.29 is 19.1 Å². The average Bonchev–Trinajstić information content (AvgIpc) is 3.07. The summed E-state index contributed by atoms with van der Waals surface area (Å²) in [5, 5.41) is 9.15. The SMILES string of the molecule is COc1ccc(/C=C2/SC(=O)N(CCNC(=O)c3n[nH]c(=O)c4ccccc34)C2=O)cc1. The van der Waals surface area contributed by atoms with Crippen molar-refractivity contribution in [2.24, 2.45) is 0 Å². The van der Waals surface area contributed by atoms with Crippen LogP contribution in [0.5, 0.6) is 5.75 Å². The summed E-state index contributed by atoms with van der Waals surface area (Å²) >= 11 is 0.848. The highest BCUT2D eigenvalue weighted by molar-refractivity contribution is 8.18. The van der Waals surface area contributed by atoms with Crippen LogP contribution in [0.25, 0.3) is 16.8 Å². The van der Waals surface area contributed by atoms with Crippen LogP contribution >= 0.6 is 11.8 Å². The first-order valence-electron chi connectivity index (χ1n) is 9.63. The molecule has 4 rings (SSSR count). The van der Waals surface area contributed by atoms with Crippen LogP contribution < -0.4 is 15.6 Å². The molecule has 0 unspecified atom stereocenters. The predicted molar refractivity (Wildman–Crippen MR) is 120 cm³/mol. The van der Waals surface area contributed by atoms with Crippen LogP contribution in [0.3, 0.4) is 0 Å². The third-order valence-corrected chi connectivity index (χ3v) is 5.73. The van der Waals surface area contributed by atoms with E-state index in [2.05, 4.69) is 15.5 Å². The second-order valence-electron chi connectivity index (χ2n) is 6.81. The molecule has 1 aromatic heterocycles. The summed E-state index contributed by atoms with van der Waals surface area (Å²) in [5.74, 6) is -0.244. The van der Waals surface area contributed by atoms with Crippen molar-refractivity contribution in [3.63, 3.8) is 0 Å². The fraction of sp³-hybridized carbons (Fsp3) is 0.136. The minimum atomic E-state index is -0.516. The van der Waals surface area contributed by atoms with Gasteiger partial charge in [0.15, 0.2) is 5.69 Å². The molecule has 162 valence electrons. The van der Waals surface area contributed by atoms with E-state index in [1.54, 1.807) is 61.7 Å². The number of thioether (sulfide) groups is 1. The minimum absolute atomic E-state index is 0.0116. The van der Waals surface area contributed by atoms with Crippen molar-refractivity contribution in [3.05, 3.63) is 75.0 Å². The maximum atomic E-state index is 12.6. The molecule has 9 nitrogen and oxygen atoms in total. The van der Waals surface area contributed by atoms with Crippen molar-refractivity contribution in [1.82, 2.24) is 20.4 Å². The number of hydrogen-bond donors (Lipinski definition) is 2. The first-order chi connectivity index (χ1) is 15.5. The Morgan fingerprint density at radius 2 is 1.84 bits per heavy atom. The highest BCUT2D eigenvalue weighted by Gasteiger charge is 2.34. The lowest BCUT2D eigenvalue weighted by molar-refractivity contribution is -0.122. The number of carbonyl (C=O) groups excluding carboxylic acids is 3. The summed E-state index contributed by atoms with van der Waals surface area (Å²) < 4.78 is 5.11. The molecule has 1 saturated heterocycles. The van der Waals surface area contributed by atoms with Crippen LogP contribution in [0.1, 0.15) is 16.1 Å². The van der Waals surface area contributed by atoms with Gasteiger partial charge in [-0.25, -0.2) is 5.10 Å². The number of methoxy groups -OCH3 is 1. The Morgan fingerprint density at radius 1 is 1.12 bits per heavy atom. The third kappa shape index (κ3) is 4.26. The molecule has 2 N–H and O–H groups in total. The molecular formula is C22H18N4O5S. The van der Waals surface area contributed by atoms with Gasteiger partial charge in [0.25, 0.3) is 22.6 Å². The predicted octanol–water partition coefficient (Wildman–Crippen LogP) is 2.40. The molecule has 0 spiro atoms. The molecule has 0 bridgehead atoms. The van der Waals surface area contributed by atoms with Gasteiger partial charge in [-0.05, 0) is 41.6 Å². The van der Waals surface area contributed by atoms with Gasteiger partial charge in [-0.1, -0.05) is 30.3 Å². The number of nitrogens with zero attached hydrogens (tertiary/aromatic N) is 2. The highest BCUT2D eigenvalue weighted by Crippen LogP contribution is 2.32. The lowest BCUT2D eigenvalue weighted by atomic mass is 10.1. The zero-order valence-electron chi connectivity index (χ0n) is 17.0. The highest BCUT2D eigenvalue weighted by atomic mass is 32.2. The Bertz CT molecular complexity index is 1300. The molecule has 32 heavy (non-hydrogen) atoms. The van der Waals surface area contributed by atoms with Crippen LogP contribution in [0.15, 0.2) is 58.2 Å². The van der Waals surface area contributed by atoms with E-state index in [0.717, 1.165) is 22.2 Å². The van der Waals surface area contributed by atoms with Crippen LogP contribution in [-0.4, -0.2) is 52.4 Å². The number of aromatic amines is 1. The molecule has 3 amide bonds. The Labute approximate surface area is 186 Å². The van der Waals surface area contributed by atoms with E-state index in [-0.39, 0.29) is 18.8 Å². The lowest BCUT2D eigenvalue weighted by Crippen LogP contribution is -2.37. The first kappa shape index (κ1) is 21.3. The van der Waals surface area contributed by atoms with Crippen LogP contribution in [0.4, 0.5) is 4.79 Å². The summed E-state index contributed by atoms with van der Waals surface area (Å²) in [6.45, 7) is 0.0550. The summed E-state index contributed by atoms with van der Waals surface area (Å²) in [5.41, 5.74) is 0.438. The molecule has 1 fully saturated rings. The molecule has 1 aliphatic rings. The first-order valence-corrected chi connectivity index (χ1v) is 10.4. The molecule has 1 aliphatic heterocycles. The standard InChI is InChI=1S/C22H18N4O5S/c1-31-14-8-6-13(7-9-14)12-17-21(29)26(22(30)32-17)11-10-23-20(28)18-15-4-2-3-5-16(15)19(27)25-24-18/h2-9,12H,10-11H2,1H3,(H,23,28)(H,25,27)/b17-12+. The van der Waals surface area contributed by atoms with Gasteiger partial charge in [0.05, 0.1) is 17.4 Å². The Kier molecular flexibility index (Phi) is 6.04. The zero-order valence-corrected chi connectivity index (χ0v) is 17.8. The normalized spacial score (nSPS) is 14.9. The third-order valence-electron chi connectivity index (χ3n) is 4.82. The number of rotatable bonds is 6. The van der Waals surface area contributed by atoms with Crippen LogP contribution in [-0.2, 0) is 4.79 Å². The van der Waals surface area contributed by atoms with Gasteiger partial charge >= 0.3 is 0 Å². The van der Waals surface area contributed by atoms with E-state index in [9.17, 15) is 19.2 Å². The number of amides is 3. The van der Waals surface area contributed by atoms with E-state index >= 15 is 0 Å². The summed E-state index contributed by atoms with van der Waals surface area (Å²) in [6, 6.07) is 13.7. The molecule has 2 heterocycles. The molecule has 0 aliphatic carbocycles. The van der Waals surface area contributed by atoms with Gasteiger partial charge < -0.3 is 10.1 Å². The monoisotopic (exact) mass is 450 g/mol. The molecular weight excluding hydrogens is 432 g/mol. The summed E-state index contributed by atoms with van der Waals surface area (Å²) in [4.78, 5) is 50.7. The van der Waals surface area contributed by atoms with Gasteiger partial charge in [0.1, 0.15) is 5.75 Å². The topological polar surface area (TPSA) is 121 Å². The number of fused-ring (bicyclic) bond motifs is 1. The second-order valence-corrected chi connectivity index (χ2v) is 7.80. The van der Waals surface area contributed by atoms with Gasteiger partial charge in [-0.3, -0.25) is 24.1 Å². The van der Waals surface area contributed by atoms with Gasteiger partial charge in [-0.15, -0.1) is 0 Å². The van der Waals surface area contributed by atoms with Crippen molar-refractivity contribution in [1.29, 1.82) is 0 Å². The van der Waals surface area contributed by atoms with Crippen molar-refractivity contribution in [2.75, 3.05) is 20.2 Å². The van der Waals surface area contributed by atoms with Gasteiger partial charge in [-0.2, -0.15) is 5.10 Å². The zero-order chi connectivity index (χ0) is 22.7. The maximum absolute atomic E-state index is 12.6. The van der Waals surface area contributed by atoms with Crippen LogP contribution in [0, 0.1) is 0 Å². The van der Waals surface area contributed by atoms with Crippen LogP contribution in [0.2, 0.25) is 0 Å². The fourth-order valence-electron chi connectivity index (χ4n) is 3.20. The van der Waals surface area contributed by atoms with Gasteiger partial charge in [0.2, 0.25) is 0 Å². The number of carbonyl (C=O) groups is 3. The molecule has 0 atom stereocenters. The number of ether oxygens (including phenoxy) is 1. The molecule has 0 radical (unpaired) electrons. The molecule has 2 aromatic carbocycles. The number of H-pyrrole nitrogens is 1. The fourth-order valence-corrected chi connectivity index (χ4v) is 4.06. The smallest absolute Gasteiger partial charge is 0.293 e. The minimum Gasteiger partial charge on any atom is -0.497 e. The number of imide groups is 1. The number of hydrogen-bond acceptors (Lipinski definition) is 7. The van der Waals surface area contributed by atoms with Crippen molar-refractivity contribution >= 4 is 45.7 Å². The van der Waals surface area contributed by atoms with Crippen molar-refractivity contribution in [3.8, 4) is 5.75 Å². The second kappa shape index (κ2) is 9.06. The van der Waals surface area contributed by atoms with E-state index in [1.807, 2.05) is 0 Å². The molecule has 0 saturated carbocycles. The Morgan fingerprint density at radius 3 is 2.56 bits per heavy atom. The lowest BCUT2D eigenvalue weighted by Gasteiger charge is -2.13. The molecule has 3 aromatic rings. The van der Waals surface area contributed by atoms with Crippen molar-refractivity contribution in [2.45, 2.75) is 0 Å². The molecule has 10 heteroatoms. The summed E-state index contributed by atoms with van der Waals surface area (Å²) in [7, 11) is 1.56. The summed E-state index contributed by atoms with van der Waals surface area (Å²) in [6.07, 6.45) is 1.64. The number of aromatic nitrogens is 2. The quantitative estimate of drug-likeness (QED) is 0.553. The maximum Gasteiger partial charge on any atom is 0.293 e. The van der Waals surface area contributed by atoms with E-state index in [0.29, 0.717) is 21.4 Å². The Balaban J connectivity index is 1.41. The van der Waals surface area contributed by atoms with E-state index in [4.69, 9.17) is 4.74 Å².